The van der Waals surface area contributed by atoms with Crippen LogP contribution in [-0.4, -0.2) is 53.7 Å². The average Bonchev–Trinajstić information content (AvgIpc) is 3.39. The molecule has 0 spiro atoms. The number of rotatable bonds is 10. The largest absolute Gasteiger partial charge is 0.494 e. The Morgan fingerprint density at radius 1 is 1.10 bits per heavy atom. The minimum Gasteiger partial charge on any atom is -0.494 e. The third-order valence-electron chi connectivity index (χ3n) is 7.43. The van der Waals surface area contributed by atoms with Gasteiger partial charge in [-0.3, -0.25) is 4.79 Å². The second-order valence-electron chi connectivity index (χ2n) is 10.2. The van der Waals surface area contributed by atoms with Crippen LogP contribution in [0.25, 0.3) is 10.4 Å². The molecule has 1 fully saturated rings. The quantitative estimate of drug-likeness (QED) is 0.118. The van der Waals surface area contributed by atoms with Gasteiger partial charge in [0.05, 0.1) is 6.61 Å². The lowest BCUT2D eigenvalue weighted by molar-refractivity contribution is -0.140. The minimum atomic E-state index is -1.32. The van der Waals surface area contributed by atoms with Crippen molar-refractivity contribution in [3.05, 3.63) is 104 Å². The van der Waals surface area contributed by atoms with E-state index >= 15 is 0 Å². The van der Waals surface area contributed by atoms with Gasteiger partial charge in [-0.2, -0.15) is 0 Å². The summed E-state index contributed by atoms with van der Waals surface area (Å²) in [5, 5.41) is 12.9. The maximum Gasteiger partial charge on any atom is 0.255 e. The zero-order chi connectivity index (χ0) is 28.7. The minimum absolute atomic E-state index is 0.0656. The first-order chi connectivity index (χ1) is 20.0. The number of aliphatic imine (C=N–C) groups is 1. The normalized spacial score (nSPS) is 20.1. The van der Waals surface area contributed by atoms with E-state index in [9.17, 15) is 10.3 Å². The summed E-state index contributed by atoms with van der Waals surface area (Å²) in [6.45, 7) is 1.81. The van der Waals surface area contributed by atoms with Crippen molar-refractivity contribution in [2.24, 2.45) is 10.1 Å². The number of benzene rings is 3. The molecule has 0 bridgehead atoms. The summed E-state index contributed by atoms with van der Waals surface area (Å²) in [6.07, 6.45) is 3.00. The predicted molar refractivity (Wildman–Crippen MR) is 160 cm³/mol. The molecular formula is C31H32BrN5O4. The molecule has 5 rings (SSSR count). The number of likely N-dealkylation sites (tertiary alicyclic amines) is 1. The monoisotopic (exact) mass is 617 g/mol. The first kappa shape index (κ1) is 28.7. The highest BCUT2D eigenvalue weighted by Crippen LogP contribution is 2.45. The van der Waals surface area contributed by atoms with Crippen LogP contribution in [0.15, 0.2) is 87.4 Å². The van der Waals surface area contributed by atoms with E-state index in [0.29, 0.717) is 43.5 Å². The fourth-order valence-corrected chi connectivity index (χ4v) is 5.64. The van der Waals surface area contributed by atoms with Gasteiger partial charge in [-0.05, 0) is 72.3 Å². The molecule has 212 valence electrons. The summed E-state index contributed by atoms with van der Waals surface area (Å²) in [4.78, 5) is 24.7. The van der Waals surface area contributed by atoms with Gasteiger partial charge in [0.2, 0.25) is 5.90 Å². The van der Waals surface area contributed by atoms with Crippen LogP contribution in [0, 0.1) is 0 Å². The Morgan fingerprint density at radius 3 is 2.54 bits per heavy atom. The Hall–Kier alpha value is -3.85. The van der Waals surface area contributed by atoms with Crippen molar-refractivity contribution in [3.63, 3.8) is 0 Å². The summed E-state index contributed by atoms with van der Waals surface area (Å²) in [7, 11) is 0. The number of piperidine rings is 1. The lowest BCUT2D eigenvalue weighted by atomic mass is 9.81. The Bertz CT molecular complexity index is 1430. The number of halogens is 1. The Morgan fingerprint density at radius 2 is 1.83 bits per heavy atom. The number of aliphatic hydroxyl groups excluding tert-OH is 1. The molecule has 0 radical (unpaired) electrons. The van der Waals surface area contributed by atoms with Gasteiger partial charge >= 0.3 is 0 Å². The molecule has 0 saturated carbocycles. The van der Waals surface area contributed by atoms with Crippen LogP contribution in [-0.2, 0) is 16.0 Å². The molecule has 0 aromatic heterocycles. The molecule has 9 nitrogen and oxygen atoms in total. The van der Waals surface area contributed by atoms with E-state index in [1.54, 1.807) is 6.07 Å². The standard InChI is InChI=1S/C31H32BrN5O4/c32-25-13-9-22(10-14-25)28-31(30(39)37-17-4-1-5-18-37,21-24-7-2-3-8-27(24)35-36-33)34-29(41-28)23-11-15-26(16-12-23)40-20-6-19-38/h2-3,7-16,28,38H,1,4-6,17-21H2/t28-,31-/m1/s1. The van der Waals surface area contributed by atoms with Gasteiger partial charge in [-0.1, -0.05) is 57.4 Å². The van der Waals surface area contributed by atoms with E-state index in [2.05, 4.69) is 26.0 Å². The summed E-state index contributed by atoms with van der Waals surface area (Å²) in [6, 6.07) is 22.4. The number of hydrogen-bond acceptors (Lipinski definition) is 6. The number of aliphatic hydroxyl groups is 1. The summed E-state index contributed by atoms with van der Waals surface area (Å²) in [5.41, 5.74) is 10.6. The highest BCUT2D eigenvalue weighted by Gasteiger charge is 2.55. The summed E-state index contributed by atoms with van der Waals surface area (Å²) >= 11 is 3.52. The first-order valence-electron chi connectivity index (χ1n) is 13.8. The van der Waals surface area contributed by atoms with Crippen LogP contribution in [0.5, 0.6) is 5.75 Å². The van der Waals surface area contributed by atoms with Crippen molar-refractivity contribution in [3.8, 4) is 5.75 Å². The van der Waals surface area contributed by atoms with E-state index in [0.717, 1.165) is 40.4 Å². The maximum atomic E-state index is 14.6. The molecule has 3 aromatic rings. The van der Waals surface area contributed by atoms with Crippen molar-refractivity contribution in [2.75, 3.05) is 26.3 Å². The van der Waals surface area contributed by atoms with Gasteiger partial charge in [0.15, 0.2) is 11.6 Å². The molecule has 0 unspecified atom stereocenters. The van der Waals surface area contributed by atoms with Crippen LogP contribution < -0.4 is 4.74 Å². The van der Waals surface area contributed by atoms with Gasteiger partial charge in [0, 0.05) is 53.2 Å². The third-order valence-corrected chi connectivity index (χ3v) is 7.96. The number of ether oxygens (including phenoxy) is 2. The Kier molecular flexibility index (Phi) is 9.24. The smallest absolute Gasteiger partial charge is 0.255 e. The predicted octanol–water partition coefficient (Wildman–Crippen LogP) is 6.66. The van der Waals surface area contributed by atoms with Gasteiger partial charge < -0.3 is 19.5 Å². The van der Waals surface area contributed by atoms with Crippen LogP contribution in [0.1, 0.15) is 48.5 Å². The van der Waals surface area contributed by atoms with Gasteiger partial charge in [0.25, 0.3) is 5.91 Å². The highest BCUT2D eigenvalue weighted by molar-refractivity contribution is 9.10. The van der Waals surface area contributed by atoms with Crippen LogP contribution >= 0.6 is 15.9 Å². The maximum absolute atomic E-state index is 14.6. The zero-order valence-corrected chi connectivity index (χ0v) is 24.2. The van der Waals surface area contributed by atoms with Gasteiger partial charge in [-0.25, -0.2) is 4.99 Å². The van der Waals surface area contributed by atoms with Crippen molar-refractivity contribution >= 4 is 33.4 Å². The molecule has 1 saturated heterocycles. The van der Waals surface area contributed by atoms with Crippen LogP contribution in [0.4, 0.5) is 5.69 Å². The van der Waals surface area contributed by atoms with Crippen LogP contribution in [0.3, 0.4) is 0 Å². The SMILES string of the molecule is [N-]=[N+]=Nc1ccccc1C[C@@]1(C(=O)N2CCCCC2)N=C(c2ccc(OCCCO)cc2)O[C@@H]1c1ccc(Br)cc1. The van der Waals surface area contributed by atoms with E-state index in [-0.39, 0.29) is 18.9 Å². The molecule has 2 aliphatic heterocycles. The number of amides is 1. The molecule has 2 heterocycles. The molecule has 1 N–H and O–H groups in total. The highest BCUT2D eigenvalue weighted by atomic mass is 79.9. The average molecular weight is 619 g/mol. The van der Waals surface area contributed by atoms with Crippen molar-refractivity contribution in [1.29, 1.82) is 0 Å². The number of hydrogen-bond donors (Lipinski definition) is 1. The Balaban J connectivity index is 1.62. The fraction of sp³-hybridized carbons (Fsp3) is 0.355. The molecule has 0 aliphatic carbocycles. The van der Waals surface area contributed by atoms with E-state index in [4.69, 9.17) is 19.6 Å². The molecule has 2 aliphatic rings. The first-order valence-corrected chi connectivity index (χ1v) is 14.6. The van der Waals surface area contributed by atoms with E-state index in [1.165, 1.54) is 0 Å². The third kappa shape index (κ3) is 6.40. The lowest BCUT2D eigenvalue weighted by Crippen LogP contribution is -2.53. The molecule has 10 heteroatoms. The molecular weight excluding hydrogens is 586 g/mol. The molecule has 2 atom stereocenters. The summed E-state index contributed by atoms with van der Waals surface area (Å²) in [5.74, 6) is 0.940. The Labute approximate surface area is 247 Å². The second-order valence-corrected chi connectivity index (χ2v) is 11.1. The molecule has 41 heavy (non-hydrogen) atoms. The van der Waals surface area contributed by atoms with E-state index in [1.807, 2.05) is 71.6 Å². The zero-order valence-electron chi connectivity index (χ0n) is 22.7. The number of nitrogens with zero attached hydrogens (tertiary/aromatic N) is 5. The summed E-state index contributed by atoms with van der Waals surface area (Å²) < 4.78 is 13.2. The van der Waals surface area contributed by atoms with Crippen molar-refractivity contribution in [1.82, 2.24) is 4.90 Å². The van der Waals surface area contributed by atoms with E-state index < -0.39 is 11.6 Å². The van der Waals surface area contributed by atoms with Crippen molar-refractivity contribution in [2.45, 2.75) is 43.7 Å². The fourth-order valence-electron chi connectivity index (χ4n) is 5.37. The van der Waals surface area contributed by atoms with Crippen LogP contribution in [0.2, 0.25) is 0 Å². The topological polar surface area (TPSA) is 120 Å². The van der Waals surface area contributed by atoms with Gasteiger partial charge in [0.1, 0.15) is 5.75 Å². The lowest BCUT2D eigenvalue weighted by Gasteiger charge is -2.37. The molecule has 1 amide bonds. The number of carbonyl (C=O) groups is 1. The number of carbonyl (C=O) groups excluding carboxylic acids is 1. The number of azide groups is 1. The van der Waals surface area contributed by atoms with Crippen molar-refractivity contribution < 1.29 is 19.4 Å². The molecule has 3 aromatic carbocycles. The van der Waals surface area contributed by atoms with Gasteiger partial charge in [-0.15, -0.1) is 0 Å². The second kappa shape index (κ2) is 13.2.